The molecular formula is C16H24N2O. The van der Waals surface area contributed by atoms with Gasteiger partial charge in [-0.25, -0.2) is 0 Å². The molecule has 19 heavy (non-hydrogen) atoms. The molecule has 1 fully saturated rings. The quantitative estimate of drug-likeness (QED) is 0.789. The number of hydrogen-bond acceptors (Lipinski definition) is 2. The second kappa shape index (κ2) is 7.29. The lowest BCUT2D eigenvalue weighted by Gasteiger charge is -2.24. The van der Waals surface area contributed by atoms with E-state index >= 15 is 0 Å². The molecule has 1 aromatic rings. The van der Waals surface area contributed by atoms with Gasteiger partial charge in [-0.2, -0.15) is 0 Å². The smallest absolute Gasteiger partial charge is 0.224 e. The van der Waals surface area contributed by atoms with E-state index in [0.717, 1.165) is 31.1 Å². The van der Waals surface area contributed by atoms with Crippen LogP contribution in [0, 0.1) is 5.92 Å². The molecule has 0 heterocycles. The van der Waals surface area contributed by atoms with Crippen LogP contribution in [0.2, 0.25) is 0 Å². The Morgan fingerprint density at radius 3 is 2.89 bits per heavy atom. The van der Waals surface area contributed by atoms with Crippen molar-refractivity contribution < 1.29 is 4.79 Å². The lowest BCUT2D eigenvalue weighted by molar-refractivity contribution is -0.116. The Morgan fingerprint density at radius 1 is 1.37 bits per heavy atom. The van der Waals surface area contributed by atoms with Gasteiger partial charge in [-0.15, -0.1) is 0 Å². The molecule has 0 aliphatic heterocycles. The van der Waals surface area contributed by atoms with Crippen LogP contribution in [0.4, 0.5) is 5.69 Å². The topological polar surface area (TPSA) is 41.1 Å². The number of amides is 1. The summed E-state index contributed by atoms with van der Waals surface area (Å²) < 4.78 is 0. The van der Waals surface area contributed by atoms with Crippen molar-refractivity contribution in [1.29, 1.82) is 0 Å². The summed E-state index contributed by atoms with van der Waals surface area (Å²) in [6.45, 7) is 3.90. The second-order valence-corrected chi connectivity index (χ2v) is 5.36. The fraction of sp³-hybridized carbons (Fsp3) is 0.562. The summed E-state index contributed by atoms with van der Waals surface area (Å²) in [6.07, 6.45) is 5.67. The van der Waals surface area contributed by atoms with E-state index in [2.05, 4.69) is 23.6 Å². The number of benzene rings is 1. The minimum absolute atomic E-state index is 0.146. The molecule has 0 unspecified atom stereocenters. The van der Waals surface area contributed by atoms with Crippen LogP contribution in [-0.2, 0) is 11.3 Å². The summed E-state index contributed by atoms with van der Waals surface area (Å²) in [5.74, 6) is 0.943. The van der Waals surface area contributed by atoms with Crippen LogP contribution in [-0.4, -0.2) is 12.5 Å². The maximum Gasteiger partial charge on any atom is 0.224 e. The molecule has 1 amide bonds. The maximum absolute atomic E-state index is 11.9. The lowest BCUT2D eigenvalue weighted by Crippen LogP contribution is -2.17. The first-order valence-corrected chi connectivity index (χ1v) is 7.37. The Balaban J connectivity index is 1.78. The van der Waals surface area contributed by atoms with Crippen molar-refractivity contribution in [3.63, 3.8) is 0 Å². The first kappa shape index (κ1) is 14.1. The Labute approximate surface area is 115 Å². The van der Waals surface area contributed by atoms with Crippen LogP contribution in [0.1, 0.15) is 44.6 Å². The normalized spacial score (nSPS) is 15.0. The van der Waals surface area contributed by atoms with Gasteiger partial charge in [-0.05, 0) is 36.6 Å². The number of nitrogens with one attached hydrogen (secondary N) is 2. The van der Waals surface area contributed by atoms with E-state index in [0.29, 0.717) is 6.42 Å². The highest BCUT2D eigenvalue weighted by Crippen LogP contribution is 2.30. The molecule has 0 spiro atoms. The van der Waals surface area contributed by atoms with Crippen molar-refractivity contribution in [3.05, 3.63) is 29.8 Å². The summed E-state index contributed by atoms with van der Waals surface area (Å²) in [5.41, 5.74) is 2.12. The molecule has 0 saturated heterocycles. The Kier molecular flexibility index (Phi) is 5.40. The van der Waals surface area contributed by atoms with Gasteiger partial charge in [-0.3, -0.25) is 4.79 Å². The van der Waals surface area contributed by atoms with Gasteiger partial charge in [0, 0.05) is 18.7 Å². The Morgan fingerprint density at radius 2 is 2.21 bits per heavy atom. The molecule has 0 radical (unpaired) electrons. The van der Waals surface area contributed by atoms with Crippen molar-refractivity contribution in [3.8, 4) is 0 Å². The van der Waals surface area contributed by atoms with Crippen LogP contribution < -0.4 is 10.6 Å². The minimum Gasteiger partial charge on any atom is -0.326 e. The van der Waals surface area contributed by atoms with E-state index < -0.39 is 0 Å². The summed E-state index contributed by atoms with van der Waals surface area (Å²) in [5, 5.41) is 6.28. The fourth-order valence-electron chi connectivity index (χ4n) is 2.37. The molecule has 1 saturated carbocycles. The largest absolute Gasteiger partial charge is 0.326 e. The molecule has 0 atom stereocenters. The standard InChI is InChI=1S/C16H24N2O/c1-2-17-12-14-7-4-8-15(11-14)18-16(19)10-9-13-5-3-6-13/h4,7-8,11,13,17H,2-3,5-6,9-10,12H2,1H3,(H,18,19). The molecule has 1 aliphatic rings. The third kappa shape index (κ3) is 4.67. The zero-order valence-electron chi connectivity index (χ0n) is 11.7. The van der Waals surface area contributed by atoms with Crippen molar-refractivity contribution in [2.24, 2.45) is 5.92 Å². The highest BCUT2D eigenvalue weighted by atomic mass is 16.1. The van der Waals surface area contributed by atoms with Gasteiger partial charge >= 0.3 is 0 Å². The van der Waals surface area contributed by atoms with E-state index in [-0.39, 0.29) is 5.91 Å². The summed E-state index contributed by atoms with van der Waals surface area (Å²) in [6, 6.07) is 8.07. The molecule has 3 nitrogen and oxygen atoms in total. The first-order chi connectivity index (χ1) is 9.28. The van der Waals surface area contributed by atoms with E-state index in [4.69, 9.17) is 0 Å². The highest BCUT2D eigenvalue weighted by molar-refractivity contribution is 5.90. The minimum atomic E-state index is 0.146. The SMILES string of the molecule is CCNCc1cccc(NC(=O)CCC2CCC2)c1. The second-order valence-electron chi connectivity index (χ2n) is 5.36. The monoisotopic (exact) mass is 260 g/mol. The van der Waals surface area contributed by atoms with Gasteiger partial charge in [0.1, 0.15) is 0 Å². The van der Waals surface area contributed by atoms with Gasteiger partial charge in [0.15, 0.2) is 0 Å². The number of carbonyl (C=O) groups excluding carboxylic acids is 1. The van der Waals surface area contributed by atoms with E-state index in [1.54, 1.807) is 0 Å². The highest BCUT2D eigenvalue weighted by Gasteiger charge is 2.18. The van der Waals surface area contributed by atoms with Crippen LogP contribution in [0.5, 0.6) is 0 Å². The average Bonchev–Trinajstić information content (AvgIpc) is 2.35. The van der Waals surface area contributed by atoms with Gasteiger partial charge < -0.3 is 10.6 Å². The summed E-state index contributed by atoms with van der Waals surface area (Å²) in [7, 11) is 0. The van der Waals surface area contributed by atoms with Crippen molar-refractivity contribution in [2.45, 2.75) is 45.6 Å². The Hall–Kier alpha value is -1.35. The average molecular weight is 260 g/mol. The molecular weight excluding hydrogens is 236 g/mol. The maximum atomic E-state index is 11.9. The third-order valence-corrected chi connectivity index (χ3v) is 3.79. The molecule has 1 aliphatic carbocycles. The summed E-state index contributed by atoms with van der Waals surface area (Å²) in [4.78, 5) is 11.9. The van der Waals surface area contributed by atoms with Crippen molar-refractivity contribution in [2.75, 3.05) is 11.9 Å². The zero-order valence-corrected chi connectivity index (χ0v) is 11.7. The number of anilines is 1. The molecule has 104 valence electrons. The molecule has 3 heteroatoms. The van der Waals surface area contributed by atoms with Crippen LogP contribution in [0.15, 0.2) is 24.3 Å². The molecule has 2 N–H and O–H groups in total. The lowest BCUT2D eigenvalue weighted by atomic mass is 9.82. The van der Waals surface area contributed by atoms with Gasteiger partial charge in [0.25, 0.3) is 0 Å². The van der Waals surface area contributed by atoms with E-state index in [1.807, 2.05) is 18.2 Å². The van der Waals surface area contributed by atoms with Crippen LogP contribution >= 0.6 is 0 Å². The molecule has 0 aromatic heterocycles. The first-order valence-electron chi connectivity index (χ1n) is 7.37. The van der Waals surface area contributed by atoms with Gasteiger partial charge in [0.05, 0.1) is 0 Å². The fourth-order valence-corrected chi connectivity index (χ4v) is 2.37. The predicted octanol–water partition coefficient (Wildman–Crippen LogP) is 3.31. The van der Waals surface area contributed by atoms with Gasteiger partial charge in [-0.1, -0.05) is 38.3 Å². The van der Waals surface area contributed by atoms with Crippen LogP contribution in [0.3, 0.4) is 0 Å². The third-order valence-electron chi connectivity index (χ3n) is 3.79. The van der Waals surface area contributed by atoms with Gasteiger partial charge in [0.2, 0.25) is 5.91 Å². The number of hydrogen-bond donors (Lipinski definition) is 2. The van der Waals surface area contributed by atoms with Crippen LogP contribution in [0.25, 0.3) is 0 Å². The zero-order chi connectivity index (χ0) is 13.5. The van der Waals surface area contributed by atoms with Crippen molar-refractivity contribution >= 4 is 11.6 Å². The Bertz CT molecular complexity index is 413. The molecule has 0 bridgehead atoms. The van der Waals surface area contributed by atoms with E-state index in [1.165, 1.54) is 24.8 Å². The number of rotatable bonds is 7. The molecule has 2 rings (SSSR count). The summed E-state index contributed by atoms with van der Waals surface area (Å²) >= 11 is 0. The number of carbonyl (C=O) groups is 1. The van der Waals surface area contributed by atoms with E-state index in [9.17, 15) is 4.79 Å². The predicted molar refractivity (Wildman–Crippen MR) is 79.0 cm³/mol. The molecule has 1 aromatic carbocycles. The van der Waals surface area contributed by atoms with Crippen molar-refractivity contribution in [1.82, 2.24) is 5.32 Å².